The van der Waals surface area contributed by atoms with Gasteiger partial charge in [0.05, 0.1) is 0 Å². The molecule has 0 aliphatic rings. The van der Waals surface area contributed by atoms with Gasteiger partial charge in [-0.15, -0.1) is 0 Å². The minimum Gasteiger partial charge on any atom is -0.488 e. The Hall–Kier alpha value is -1.50. The molecule has 110 valence electrons. The molecule has 0 unspecified atom stereocenters. The van der Waals surface area contributed by atoms with E-state index in [9.17, 15) is 0 Å². The van der Waals surface area contributed by atoms with Crippen molar-refractivity contribution in [3.8, 4) is 5.75 Å². The third kappa shape index (κ3) is 4.88. The van der Waals surface area contributed by atoms with E-state index in [0.717, 1.165) is 12.2 Å². The first-order chi connectivity index (χ1) is 9.25. The van der Waals surface area contributed by atoms with Gasteiger partial charge in [-0.3, -0.25) is 0 Å². The van der Waals surface area contributed by atoms with Gasteiger partial charge in [-0.25, -0.2) is 0 Å². The average molecular weight is 272 g/mol. The van der Waals surface area contributed by atoms with E-state index in [1.54, 1.807) is 0 Å². The first-order valence-corrected chi connectivity index (χ1v) is 7.37. The smallest absolute Gasteiger partial charge is 0.120 e. The number of allylic oxidation sites excluding steroid dienone is 4. The summed E-state index contributed by atoms with van der Waals surface area (Å²) in [6.45, 7) is 14.9. The molecule has 0 saturated carbocycles. The largest absolute Gasteiger partial charge is 0.488 e. The van der Waals surface area contributed by atoms with Crippen LogP contribution < -0.4 is 4.74 Å². The second-order valence-corrected chi connectivity index (χ2v) is 6.38. The number of hydrogen-bond acceptors (Lipinski definition) is 1. The van der Waals surface area contributed by atoms with Crippen LogP contribution in [-0.2, 0) is 0 Å². The minimum atomic E-state index is -0.110. The van der Waals surface area contributed by atoms with Crippen molar-refractivity contribution >= 4 is 5.57 Å². The summed E-state index contributed by atoms with van der Waals surface area (Å²) in [5.41, 5.74) is 5.07. The first-order valence-electron chi connectivity index (χ1n) is 7.37. The van der Waals surface area contributed by atoms with Crippen LogP contribution in [0.2, 0.25) is 0 Å². The van der Waals surface area contributed by atoms with Crippen molar-refractivity contribution in [1.29, 1.82) is 0 Å². The van der Waals surface area contributed by atoms with Crippen LogP contribution in [0.3, 0.4) is 0 Å². The second-order valence-electron chi connectivity index (χ2n) is 6.38. The fourth-order valence-corrected chi connectivity index (χ4v) is 1.90. The Bertz CT molecular complexity index is 493. The highest BCUT2D eigenvalue weighted by molar-refractivity contribution is 5.76. The van der Waals surface area contributed by atoms with E-state index >= 15 is 0 Å². The molecule has 0 spiro atoms. The summed E-state index contributed by atoms with van der Waals surface area (Å²) < 4.78 is 6.00. The maximum atomic E-state index is 6.00. The molecule has 0 aromatic heterocycles. The molecule has 1 heteroatoms. The Labute approximate surface area is 124 Å². The molecule has 0 aliphatic carbocycles. The van der Waals surface area contributed by atoms with Crippen LogP contribution in [0.5, 0.6) is 5.75 Å². The maximum absolute atomic E-state index is 6.00. The third-order valence-corrected chi connectivity index (χ3v) is 3.38. The summed E-state index contributed by atoms with van der Waals surface area (Å²) >= 11 is 0. The summed E-state index contributed by atoms with van der Waals surface area (Å²) in [6.07, 6.45) is 3.23. The molecule has 0 aliphatic heterocycles. The van der Waals surface area contributed by atoms with E-state index in [1.807, 2.05) is 0 Å². The summed E-state index contributed by atoms with van der Waals surface area (Å²) in [5, 5.41) is 0. The fourth-order valence-electron chi connectivity index (χ4n) is 1.90. The summed E-state index contributed by atoms with van der Waals surface area (Å²) in [4.78, 5) is 0. The zero-order valence-corrected chi connectivity index (χ0v) is 14.0. The Kier molecular flexibility index (Phi) is 5.62. The van der Waals surface area contributed by atoms with E-state index in [4.69, 9.17) is 4.74 Å². The van der Waals surface area contributed by atoms with Crippen LogP contribution in [-0.4, -0.2) is 5.60 Å². The van der Waals surface area contributed by atoms with Crippen LogP contribution in [0.4, 0.5) is 0 Å². The van der Waals surface area contributed by atoms with Crippen molar-refractivity contribution in [1.82, 2.24) is 0 Å². The molecule has 1 aromatic carbocycles. The molecule has 20 heavy (non-hydrogen) atoms. The van der Waals surface area contributed by atoms with Gasteiger partial charge in [0.25, 0.3) is 0 Å². The third-order valence-electron chi connectivity index (χ3n) is 3.38. The number of ether oxygens (including phenoxy) is 1. The van der Waals surface area contributed by atoms with Gasteiger partial charge in [0.2, 0.25) is 0 Å². The molecule has 0 atom stereocenters. The lowest BCUT2D eigenvalue weighted by Crippen LogP contribution is -2.26. The molecule has 0 heterocycles. The normalized spacial score (nSPS) is 10.9. The van der Waals surface area contributed by atoms with E-state index < -0.39 is 0 Å². The highest BCUT2D eigenvalue weighted by Gasteiger charge is 2.16. The molecule has 0 radical (unpaired) electrons. The predicted octanol–water partition coefficient (Wildman–Crippen LogP) is 6.01. The Balaban J connectivity index is 3.02. The molecule has 0 saturated heterocycles. The van der Waals surface area contributed by atoms with Crippen molar-refractivity contribution in [2.24, 2.45) is 0 Å². The lowest BCUT2D eigenvalue weighted by atomic mass is 9.99. The molecule has 1 rings (SSSR count). The zero-order valence-electron chi connectivity index (χ0n) is 14.0. The topological polar surface area (TPSA) is 9.23 Å². The molecular weight excluding hydrogens is 244 g/mol. The number of benzene rings is 1. The fraction of sp³-hybridized carbons (Fsp3) is 0.474. The van der Waals surface area contributed by atoms with Gasteiger partial charge >= 0.3 is 0 Å². The summed E-state index contributed by atoms with van der Waals surface area (Å²) in [6, 6.07) is 8.41. The van der Waals surface area contributed by atoms with Gasteiger partial charge in [0, 0.05) is 0 Å². The number of hydrogen-bond donors (Lipinski definition) is 0. The van der Waals surface area contributed by atoms with Crippen LogP contribution in [0.25, 0.3) is 5.57 Å². The molecule has 0 amide bonds. The van der Waals surface area contributed by atoms with Crippen molar-refractivity contribution < 1.29 is 4.74 Å². The minimum absolute atomic E-state index is 0.110. The first kappa shape index (κ1) is 16.6. The van der Waals surface area contributed by atoms with Crippen LogP contribution in [0, 0.1) is 0 Å². The van der Waals surface area contributed by atoms with Crippen molar-refractivity contribution in [3.05, 3.63) is 47.1 Å². The Morgan fingerprint density at radius 1 is 1.05 bits per heavy atom. The van der Waals surface area contributed by atoms with Crippen molar-refractivity contribution in [3.63, 3.8) is 0 Å². The molecule has 0 N–H and O–H groups in total. The molecule has 1 aromatic rings. The maximum Gasteiger partial charge on any atom is 0.120 e. The van der Waals surface area contributed by atoms with E-state index in [1.165, 1.54) is 22.3 Å². The van der Waals surface area contributed by atoms with E-state index in [-0.39, 0.29) is 5.60 Å². The number of rotatable bonds is 5. The van der Waals surface area contributed by atoms with Gasteiger partial charge in [0.1, 0.15) is 11.4 Å². The lowest BCUT2D eigenvalue weighted by molar-refractivity contribution is 0.105. The lowest BCUT2D eigenvalue weighted by Gasteiger charge is -2.25. The second kappa shape index (κ2) is 6.78. The quantitative estimate of drug-likeness (QED) is 0.596. The van der Waals surface area contributed by atoms with E-state index in [2.05, 4.69) is 78.8 Å². The molecule has 1 nitrogen and oxygen atoms in total. The summed E-state index contributed by atoms with van der Waals surface area (Å²) in [7, 11) is 0. The monoisotopic (exact) mass is 272 g/mol. The van der Waals surface area contributed by atoms with Gasteiger partial charge in [-0.1, -0.05) is 36.3 Å². The van der Waals surface area contributed by atoms with Gasteiger partial charge in [-0.05, 0) is 71.2 Å². The highest BCUT2D eigenvalue weighted by Crippen LogP contribution is 2.26. The molecule has 0 fully saturated rings. The molecule has 0 bridgehead atoms. The van der Waals surface area contributed by atoms with Crippen molar-refractivity contribution in [2.75, 3.05) is 0 Å². The standard InChI is InChI=1S/C19H28O/c1-8-19(6,7)20-17-11-9-16(10-12-17)18(15(4)5)13-14(2)3/h9-13H,8H2,1-7H3. The molecular formula is C19H28O. The Morgan fingerprint density at radius 2 is 1.60 bits per heavy atom. The Morgan fingerprint density at radius 3 is 2.00 bits per heavy atom. The SMILES string of the molecule is CCC(C)(C)Oc1ccc(C(C=C(C)C)=C(C)C)cc1. The zero-order chi connectivity index (χ0) is 15.3. The van der Waals surface area contributed by atoms with Gasteiger partial charge in [0.15, 0.2) is 0 Å². The average Bonchev–Trinajstić information content (AvgIpc) is 2.36. The van der Waals surface area contributed by atoms with E-state index in [0.29, 0.717) is 0 Å². The van der Waals surface area contributed by atoms with Crippen LogP contribution >= 0.6 is 0 Å². The summed E-state index contributed by atoms with van der Waals surface area (Å²) in [5.74, 6) is 0.936. The van der Waals surface area contributed by atoms with Gasteiger partial charge in [-0.2, -0.15) is 0 Å². The van der Waals surface area contributed by atoms with Gasteiger partial charge < -0.3 is 4.74 Å². The highest BCUT2D eigenvalue weighted by atomic mass is 16.5. The van der Waals surface area contributed by atoms with Crippen LogP contribution in [0.15, 0.2) is 41.5 Å². The predicted molar refractivity (Wildman–Crippen MR) is 89.1 cm³/mol. The van der Waals surface area contributed by atoms with Crippen molar-refractivity contribution in [2.45, 2.75) is 60.5 Å². The van der Waals surface area contributed by atoms with Crippen LogP contribution in [0.1, 0.15) is 60.5 Å².